The van der Waals surface area contributed by atoms with Crippen LogP contribution in [0.5, 0.6) is 0 Å². The molecule has 11 heteroatoms. The zero-order valence-corrected chi connectivity index (χ0v) is 13.2. The molecule has 0 aromatic heterocycles. The maximum atomic E-state index is 12.8. The number of hydrogen-bond acceptors (Lipinski definition) is 3. The van der Waals surface area contributed by atoms with Crippen molar-refractivity contribution in [3.8, 4) is 0 Å². The van der Waals surface area contributed by atoms with E-state index < -0.39 is 47.0 Å². The van der Waals surface area contributed by atoms with Gasteiger partial charge in [-0.1, -0.05) is 0 Å². The largest absolute Gasteiger partial charge is 0.416 e. The van der Waals surface area contributed by atoms with Crippen molar-refractivity contribution in [2.45, 2.75) is 24.8 Å². The number of carbonyl (C=O) groups is 2. The molecule has 2 amide bonds. The Balaban J connectivity index is 2.28. The van der Waals surface area contributed by atoms with Crippen LogP contribution >= 0.6 is 11.8 Å². The van der Waals surface area contributed by atoms with E-state index in [0.717, 1.165) is 0 Å². The van der Waals surface area contributed by atoms with Gasteiger partial charge in [0.1, 0.15) is 6.04 Å². The highest BCUT2D eigenvalue weighted by Crippen LogP contribution is 2.37. The minimum absolute atomic E-state index is 0.0288. The summed E-state index contributed by atoms with van der Waals surface area (Å²) in [6.07, 6.45) is -9.84. The van der Waals surface area contributed by atoms with Crippen LogP contribution in [-0.4, -0.2) is 29.4 Å². The molecular formula is C14H12F6N2O2S. The lowest BCUT2D eigenvalue weighted by Crippen LogP contribution is -2.44. The van der Waals surface area contributed by atoms with E-state index in [-0.39, 0.29) is 18.2 Å². The van der Waals surface area contributed by atoms with Gasteiger partial charge >= 0.3 is 12.4 Å². The summed E-state index contributed by atoms with van der Waals surface area (Å²) in [4.78, 5) is 23.5. The molecule has 138 valence electrons. The predicted octanol–water partition coefficient (Wildman–Crippen LogP) is 3.28. The molecule has 25 heavy (non-hydrogen) atoms. The zero-order chi connectivity index (χ0) is 18.8. The quantitative estimate of drug-likeness (QED) is 0.767. The summed E-state index contributed by atoms with van der Waals surface area (Å²) in [6.45, 7) is 0. The molecule has 0 unspecified atom stereocenters. The lowest BCUT2D eigenvalue weighted by molar-refractivity contribution is -0.143. The number of rotatable bonds is 2. The summed E-state index contributed by atoms with van der Waals surface area (Å²) >= 11 is 1.28. The fourth-order valence-electron chi connectivity index (χ4n) is 2.07. The van der Waals surface area contributed by atoms with Crippen LogP contribution < -0.4 is 10.6 Å². The minimum atomic E-state index is -5.01. The van der Waals surface area contributed by atoms with Crippen LogP contribution in [0.4, 0.5) is 32.0 Å². The Morgan fingerprint density at radius 2 is 1.64 bits per heavy atom. The van der Waals surface area contributed by atoms with Gasteiger partial charge in [0, 0.05) is 23.6 Å². The Hall–Kier alpha value is -1.91. The summed E-state index contributed by atoms with van der Waals surface area (Å²) in [5, 5.41) is 4.39. The first-order valence-electron chi connectivity index (χ1n) is 6.94. The van der Waals surface area contributed by atoms with E-state index in [2.05, 4.69) is 5.32 Å². The molecule has 1 heterocycles. The van der Waals surface area contributed by atoms with E-state index in [1.54, 1.807) is 0 Å². The summed E-state index contributed by atoms with van der Waals surface area (Å²) in [5.74, 6) is -0.652. The summed E-state index contributed by atoms with van der Waals surface area (Å²) in [6, 6.07) is -0.236. The first kappa shape index (κ1) is 19.4. The molecule has 1 fully saturated rings. The van der Waals surface area contributed by atoms with Crippen LogP contribution in [0.25, 0.3) is 0 Å². The molecule has 1 atom stereocenters. The molecule has 1 aromatic carbocycles. The second-order valence-electron chi connectivity index (χ2n) is 5.23. The van der Waals surface area contributed by atoms with Crippen molar-refractivity contribution in [1.29, 1.82) is 0 Å². The molecule has 1 aliphatic heterocycles. The first-order valence-corrected chi connectivity index (χ1v) is 8.10. The highest BCUT2D eigenvalue weighted by molar-refractivity contribution is 7.99. The van der Waals surface area contributed by atoms with Crippen LogP contribution in [0.3, 0.4) is 0 Å². The van der Waals surface area contributed by atoms with Gasteiger partial charge in [-0.3, -0.25) is 9.59 Å². The van der Waals surface area contributed by atoms with Crippen LogP contribution in [0.15, 0.2) is 18.2 Å². The molecule has 0 spiro atoms. The van der Waals surface area contributed by atoms with Crippen molar-refractivity contribution in [2.24, 2.45) is 0 Å². The van der Waals surface area contributed by atoms with Gasteiger partial charge in [0.2, 0.25) is 11.8 Å². The number of alkyl halides is 6. The zero-order valence-electron chi connectivity index (χ0n) is 12.4. The Labute approximate surface area is 142 Å². The van der Waals surface area contributed by atoms with E-state index in [9.17, 15) is 35.9 Å². The van der Waals surface area contributed by atoms with Crippen molar-refractivity contribution in [2.75, 3.05) is 16.8 Å². The van der Waals surface area contributed by atoms with Gasteiger partial charge in [-0.25, -0.2) is 0 Å². The monoisotopic (exact) mass is 386 g/mol. The lowest BCUT2D eigenvalue weighted by atomic mass is 10.1. The van der Waals surface area contributed by atoms with E-state index in [1.807, 2.05) is 5.32 Å². The Morgan fingerprint density at radius 1 is 1.08 bits per heavy atom. The van der Waals surface area contributed by atoms with Gasteiger partial charge in [-0.2, -0.15) is 38.1 Å². The number of carbonyl (C=O) groups excluding carboxylic acids is 2. The molecule has 4 nitrogen and oxygen atoms in total. The van der Waals surface area contributed by atoms with Gasteiger partial charge in [-0.15, -0.1) is 0 Å². The first-order chi connectivity index (χ1) is 11.5. The van der Waals surface area contributed by atoms with Crippen LogP contribution in [0, 0.1) is 0 Å². The summed E-state index contributed by atoms with van der Waals surface area (Å²) in [7, 11) is 0. The van der Waals surface area contributed by atoms with Gasteiger partial charge in [0.05, 0.1) is 11.1 Å². The number of halogens is 6. The molecule has 0 bridgehead atoms. The van der Waals surface area contributed by atoms with Crippen molar-refractivity contribution in [3.05, 3.63) is 29.3 Å². The van der Waals surface area contributed by atoms with E-state index in [4.69, 9.17) is 0 Å². The molecule has 2 rings (SSSR count). The molecule has 1 aromatic rings. The summed E-state index contributed by atoms with van der Waals surface area (Å²) < 4.78 is 76.8. The second-order valence-corrected chi connectivity index (χ2v) is 6.38. The second kappa shape index (κ2) is 7.14. The smallest absolute Gasteiger partial charge is 0.343 e. The molecule has 0 radical (unpaired) electrons. The SMILES string of the molecule is O=C1CCSC[C@@H](C(=O)Nc2cc(C(F)(F)F)cc(C(F)(F)F)c2)N1. The van der Waals surface area contributed by atoms with Gasteiger partial charge in [0.15, 0.2) is 0 Å². The summed E-state index contributed by atoms with van der Waals surface area (Å²) in [5.41, 5.74) is -3.70. The molecule has 0 saturated carbocycles. The number of benzene rings is 1. The topological polar surface area (TPSA) is 58.2 Å². The Bertz CT molecular complexity index is 642. The molecule has 2 N–H and O–H groups in total. The van der Waals surface area contributed by atoms with Gasteiger partial charge < -0.3 is 10.6 Å². The van der Waals surface area contributed by atoms with E-state index in [1.165, 1.54) is 11.8 Å². The van der Waals surface area contributed by atoms with E-state index >= 15 is 0 Å². The fraction of sp³-hybridized carbons (Fsp3) is 0.429. The molecular weight excluding hydrogens is 374 g/mol. The minimum Gasteiger partial charge on any atom is -0.343 e. The highest BCUT2D eigenvalue weighted by Gasteiger charge is 2.37. The van der Waals surface area contributed by atoms with Crippen LogP contribution in [0.2, 0.25) is 0 Å². The van der Waals surface area contributed by atoms with Crippen molar-refractivity contribution in [1.82, 2.24) is 5.32 Å². The van der Waals surface area contributed by atoms with Gasteiger partial charge in [0.25, 0.3) is 0 Å². The number of anilines is 1. The standard InChI is InChI=1S/C14H12F6N2O2S/c15-13(16,17)7-3-8(14(18,19)20)5-9(4-7)21-12(24)10-6-25-2-1-11(23)22-10/h3-5,10H,1-2,6H2,(H,21,24)(H,22,23)/t10-/m0/s1. The van der Waals surface area contributed by atoms with Gasteiger partial charge in [-0.05, 0) is 18.2 Å². The lowest BCUT2D eigenvalue weighted by Gasteiger charge is -2.18. The van der Waals surface area contributed by atoms with Crippen LogP contribution in [-0.2, 0) is 21.9 Å². The number of nitrogens with one attached hydrogen (secondary N) is 2. The Kier molecular flexibility index (Phi) is 5.55. The normalized spacial score (nSPS) is 19.1. The number of hydrogen-bond donors (Lipinski definition) is 2. The average molecular weight is 386 g/mol. The predicted molar refractivity (Wildman–Crippen MR) is 78.9 cm³/mol. The highest BCUT2D eigenvalue weighted by atomic mass is 32.2. The number of thioether (sulfide) groups is 1. The van der Waals surface area contributed by atoms with Crippen molar-refractivity contribution >= 4 is 29.3 Å². The third kappa shape index (κ3) is 5.28. The maximum absolute atomic E-state index is 12.8. The van der Waals surface area contributed by atoms with Crippen LogP contribution in [0.1, 0.15) is 17.5 Å². The van der Waals surface area contributed by atoms with Crippen molar-refractivity contribution in [3.63, 3.8) is 0 Å². The fourth-order valence-corrected chi connectivity index (χ4v) is 3.04. The molecule has 1 aliphatic rings. The maximum Gasteiger partial charge on any atom is 0.416 e. The number of amides is 2. The van der Waals surface area contributed by atoms with E-state index in [0.29, 0.717) is 17.9 Å². The van der Waals surface area contributed by atoms with Crippen molar-refractivity contribution < 1.29 is 35.9 Å². The molecule has 1 saturated heterocycles. The third-order valence-electron chi connectivity index (χ3n) is 3.26. The third-order valence-corrected chi connectivity index (χ3v) is 4.33. The Morgan fingerprint density at radius 3 is 2.16 bits per heavy atom. The average Bonchev–Trinajstić information content (AvgIpc) is 2.70. The molecule has 0 aliphatic carbocycles.